The van der Waals surface area contributed by atoms with Gasteiger partial charge in [0, 0.05) is 30.1 Å². The molecule has 138 valence electrons. The van der Waals surface area contributed by atoms with Crippen LogP contribution in [0.25, 0.3) is 0 Å². The molecule has 8 heteroatoms. The van der Waals surface area contributed by atoms with Crippen LogP contribution < -0.4 is 16.0 Å². The summed E-state index contributed by atoms with van der Waals surface area (Å²) in [6.45, 7) is 7.27. The summed E-state index contributed by atoms with van der Waals surface area (Å²) in [5.41, 5.74) is 0. The molecule has 2 heterocycles. The van der Waals surface area contributed by atoms with Gasteiger partial charge in [0.15, 0.2) is 0 Å². The first-order valence-corrected chi connectivity index (χ1v) is 9.35. The third kappa shape index (κ3) is 6.47. The summed E-state index contributed by atoms with van der Waals surface area (Å²) in [7, 11) is 0. The number of amides is 4. The van der Waals surface area contributed by atoms with E-state index in [0.717, 1.165) is 22.6 Å². The molecule has 1 fully saturated rings. The van der Waals surface area contributed by atoms with Crippen LogP contribution in [0.5, 0.6) is 0 Å². The Labute approximate surface area is 152 Å². The molecule has 4 amide bonds. The first-order chi connectivity index (χ1) is 11.8. The maximum atomic E-state index is 12.2. The summed E-state index contributed by atoms with van der Waals surface area (Å²) in [6.07, 6.45) is 1.59. The monoisotopic (exact) mass is 366 g/mol. The lowest BCUT2D eigenvalue weighted by atomic mass is 10.0. The van der Waals surface area contributed by atoms with Crippen molar-refractivity contribution in [1.82, 2.24) is 20.9 Å². The highest BCUT2D eigenvalue weighted by atomic mass is 32.1. The fourth-order valence-corrected chi connectivity index (χ4v) is 3.49. The van der Waals surface area contributed by atoms with E-state index in [0.29, 0.717) is 13.1 Å². The van der Waals surface area contributed by atoms with Gasteiger partial charge < -0.3 is 10.6 Å². The molecular formula is C17H26N4O3S. The van der Waals surface area contributed by atoms with Gasteiger partial charge in [-0.15, -0.1) is 11.3 Å². The normalized spacial score (nSPS) is 15.8. The SMILES string of the molecule is Cc1ccc(C(=O)NC2CCN(CC(=O)NC(=O)NC(C)C)CC2)s1. The van der Waals surface area contributed by atoms with Gasteiger partial charge in [0.1, 0.15) is 0 Å². The Bertz CT molecular complexity index is 621. The van der Waals surface area contributed by atoms with Gasteiger partial charge in [-0.3, -0.25) is 19.8 Å². The second-order valence-electron chi connectivity index (χ2n) is 6.61. The van der Waals surface area contributed by atoms with Crippen LogP contribution in [-0.4, -0.2) is 54.5 Å². The molecule has 1 aromatic rings. The van der Waals surface area contributed by atoms with Crippen LogP contribution in [0.3, 0.4) is 0 Å². The van der Waals surface area contributed by atoms with E-state index in [-0.39, 0.29) is 30.4 Å². The topological polar surface area (TPSA) is 90.5 Å². The number of rotatable bonds is 5. The van der Waals surface area contributed by atoms with Crippen molar-refractivity contribution in [3.8, 4) is 0 Å². The van der Waals surface area contributed by atoms with Crippen LogP contribution in [0.1, 0.15) is 41.2 Å². The van der Waals surface area contributed by atoms with E-state index in [4.69, 9.17) is 0 Å². The predicted molar refractivity (Wildman–Crippen MR) is 97.8 cm³/mol. The molecule has 0 unspecified atom stereocenters. The minimum absolute atomic E-state index is 0.0145. The first-order valence-electron chi connectivity index (χ1n) is 8.53. The fraction of sp³-hybridized carbons (Fsp3) is 0.588. The molecule has 3 N–H and O–H groups in total. The Morgan fingerprint density at radius 1 is 1.24 bits per heavy atom. The highest BCUT2D eigenvalue weighted by Crippen LogP contribution is 2.16. The zero-order valence-corrected chi connectivity index (χ0v) is 15.7. The molecule has 0 aliphatic carbocycles. The number of piperidine rings is 1. The summed E-state index contributed by atoms with van der Waals surface area (Å²) >= 11 is 1.49. The molecule has 0 bridgehead atoms. The zero-order chi connectivity index (χ0) is 18.4. The molecule has 0 aromatic carbocycles. The number of nitrogens with zero attached hydrogens (tertiary/aromatic N) is 1. The molecule has 0 atom stereocenters. The van der Waals surface area contributed by atoms with Crippen molar-refractivity contribution in [2.45, 2.75) is 45.7 Å². The van der Waals surface area contributed by atoms with Gasteiger partial charge in [-0.1, -0.05) is 0 Å². The maximum Gasteiger partial charge on any atom is 0.321 e. The molecule has 2 rings (SSSR count). The lowest BCUT2D eigenvalue weighted by Gasteiger charge is -2.31. The maximum absolute atomic E-state index is 12.2. The van der Waals surface area contributed by atoms with Crippen molar-refractivity contribution in [3.63, 3.8) is 0 Å². The Kier molecular flexibility index (Phi) is 6.95. The van der Waals surface area contributed by atoms with E-state index >= 15 is 0 Å². The average molecular weight is 366 g/mol. The van der Waals surface area contributed by atoms with Gasteiger partial charge in [0.05, 0.1) is 11.4 Å². The predicted octanol–water partition coefficient (Wildman–Crippen LogP) is 1.48. The molecule has 25 heavy (non-hydrogen) atoms. The number of likely N-dealkylation sites (tertiary alicyclic amines) is 1. The third-order valence-electron chi connectivity index (χ3n) is 3.93. The van der Waals surface area contributed by atoms with E-state index < -0.39 is 6.03 Å². The van der Waals surface area contributed by atoms with Crippen molar-refractivity contribution < 1.29 is 14.4 Å². The summed E-state index contributed by atoms with van der Waals surface area (Å²) in [4.78, 5) is 39.4. The van der Waals surface area contributed by atoms with Crippen LogP contribution in [0, 0.1) is 6.92 Å². The molecular weight excluding hydrogens is 340 g/mol. The number of imide groups is 1. The number of carbonyl (C=O) groups excluding carboxylic acids is 3. The summed E-state index contributed by atoms with van der Waals surface area (Å²) < 4.78 is 0. The number of urea groups is 1. The summed E-state index contributed by atoms with van der Waals surface area (Å²) in [5, 5.41) is 8.00. The van der Waals surface area contributed by atoms with Crippen molar-refractivity contribution >= 4 is 29.2 Å². The molecule has 1 saturated heterocycles. The Hall–Kier alpha value is -1.93. The van der Waals surface area contributed by atoms with Crippen molar-refractivity contribution in [2.24, 2.45) is 0 Å². The first kappa shape index (κ1) is 19.4. The third-order valence-corrected chi connectivity index (χ3v) is 4.93. The highest BCUT2D eigenvalue weighted by Gasteiger charge is 2.23. The smallest absolute Gasteiger partial charge is 0.321 e. The molecule has 7 nitrogen and oxygen atoms in total. The minimum Gasteiger partial charge on any atom is -0.349 e. The van der Waals surface area contributed by atoms with Crippen LogP contribution in [0.2, 0.25) is 0 Å². The van der Waals surface area contributed by atoms with Crippen molar-refractivity contribution in [3.05, 3.63) is 21.9 Å². The number of thiophene rings is 1. The number of hydrogen-bond donors (Lipinski definition) is 3. The molecule has 0 spiro atoms. The second-order valence-corrected chi connectivity index (χ2v) is 7.90. The minimum atomic E-state index is -0.464. The lowest BCUT2D eigenvalue weighted by Crippen LogP contribution is -2.49. The molecule has 1 aliphatic heterocycles. The summed E-state index contributed by atoms with van der Waals surface area (Å²) in [5.74, 6) is -0.339. The van der Waals surface area contributed by atoms with Gasteiger partial charge in [0.25, 0.3) is 5.91 Å². The van der Waals surface area contributed by atoms with E-state index in [2.05, 4.69) is 16.0 Å². The van der Waals surface area contributed by atoms with Crippen molar-refractivity contribution in [2.75, 3.05) is 19.6 Å². The van der Waals surface area contributed by atoms with Crippen LogP contribution >= 0.6 is 11.3 Å². The van der Waals surface area contributed by atoms with E-state index in [1.54, 1.807) is 0 Å². The number of aryl methyl sites for hydroxylation is 1. The van der Waals surface area contributed by atoms with Gasteiger partial charge in [-0.25, -0.2) is 4.79 Å². The fourth-order valence-electron chi connectivity index (χ4n) is 2.72. The Balaban J connectivity index is 1.69. The molecule has 1 aliphatic rings. The van der Waals surface area contributed by atoms with E-state index in [1.807, 2.05) is 37.8 Å². The van der Waals surface area contributed by atoms with Gasteiger partial charge in [0.2, 0.25) is 5.91 Å². The molecule has 0 saturated carbocycles. The highest BCUT2D eigenvalue weighted by molar-refractivity contribution is 7.13. The van der Waals surface area contributed by atoms with Crippen LogP contribution in [-0.2, 0) is 4.79 Å². The Morgan fingerprint density at radius 2 is 1.92 bits per heavy atom. The lowest BCUT2D eigenvalue weighted by molar-refractivity contribution is -0.121. The zero-order valence-electron chi connectivity index (χ0n) is 14.9. The van der Waals surface area contributed by atoms with Crippen LogP contribution in [0.15, 0.2) is 12.1 Å². The van der Waals surface area contributed by atoms with E-state index in [9.17, 15) is 14.4 Å². The largest absolute Gasteiger partial charge is 0.349 e. The molecule has 1 aromatic heterocycles. The van der Waals surface area contributed by atoms with Gasteiger partial charge in [-0.2, -0.15) is 0 Å². The standard InChI is InChI=1S/C17H26N4O3S/c1-11(2)18-17(24)20-15(22)10-21-8-6-13(7-9-21)19-16(23)14-5-4-12(3)25-14/h4-5,11,13H,6-10H2,1-3H3,(H,19,23)(H2,18,20,22,24). The van der Waals surface area contributed by atoms with Gasteiger partial charge >= 0.3 is 6.03 Å². The Morgan fingerprint density at radius 3 is 2.48 bits per heavy atom. The number of carbonyl (C=O) groups is 3. The quantitative estimate of drug-likeness (QED) is 0.736. The van der Waals surface area contributed by atoms with Crippen LogP contribution in [0.4, 0.5) is 4.79 Å². The second kappa shape index (κ2) is 8.96. The van der Waals surface area contributed by atoms with Crippen molar-refractivity contribution in [1.29, 1.82) is 0 Å². The van der Waals surface area contributed by atoms with E-state index in [1.165, 1.54) is 11.3 Å². The summed E-state index contributed by atoms with van der Waals surface area (Å²) in [6, 6.07) is 3.43. The number of hydrogen-bond acceptors (Lipinski definition) is 5. The average Bonchev–Trinajstić information content (AvgIpc) is 2.95. The molecule has 0 radical (unpaired) electrons. The van der Waals surface area contributed by atoms with Gasteiger partial charge in [-0.05, 0) is 45.7 Å². The number of nitrogens with one attached hydrogen (secondary N) is 3.